The smallest absolute Gasteiger partial charge is 0.363 e. The third kappa shape index (κ3) is 8.92. The Bertz CT molecular complexity index is 265. The number of aliphatic hydroxyl groups is 2. The van der Waals surface area contributed by atoms with Crippen molar-refractivity contribution in [1.29, 1.82) is 0 Å². The van der Waals surface area contributed by atoms with E-state index in [0.717, 1.165) is 0 Å². The minimum Gasteiger partial charge on any atom is -0.363 e. The van der Waals surface area contributed by atoms with Gasteiger partial charge in [0.25, 0.3) is 0 Å². The average molecular weight is 311 g/mol. The van der Waals surface area contributed by atoms with Crippen molar-refractivity contribution in [2.24, 2.45) is 23.3 Å². The minimum atomic E-state index is -2.68. The molecule has 8 heteroatoms. The first kappa shape index (κ1) is 19.9. The van der Waals surface area contributed by atoms with E-state index < -0.39 is 32.9 Å². The molecule has 0 aliphatic heterocycles. The fourth-order valence-corrected chi connectivity index (χ4v) is 2.39. The summed E-state index contributed by atoms with van der Waals surface area (Å²) in [6.45, 7) is 7.77. The molecule has 6 N–H and O–H groups in total. The maximum atomic E-state index is 11.5. The third-order valence-electron chi connectivity index (χ3n) is 2.61. The number of rotatable bonds is 10. The maximum absolute atomic E-state index is 11.5. The fourth-order valence-electron chi connectivity index (χ4n) is 1.68. The molecule has 0 saturated heterocycles. The second kappa shape index (κ2) is 9.73. The summed E-state index contributed by atoms with van der Waals surface area (Å²) in [5.41, 5.74) is 11.4. The molecule has 0 fully saturated rings. The van der Waals surface area contributed by atoms with E-state index in [-0.39, 0.29) is 11.8 Å². The second-order valence-corrected chi connectivity index (χ2v) is 6.67. The van der Waals surface area contributed by atoms with Gasteiger partial charge in [-0.25, -0.2) is 0 Å². The molecule has 0 saturated carbocycles. The van der Waals surface area contributed by atoms with Crippen LogP contribution in [0.4, 0.5) is 0 Å². The Morgan fingerprint density at radius 1 is 0.900 bits per heavy atom. The van der Waals surface area contributed by atoms with E-state index in [4.69, 9.17) is 20.5 Å². The Labute approximate surface area is 121 Å². The van der Waals surface area contributed by atoms with Crippen molar-refractivity contribution in [3.05, 3.63) is 0 Å². The van der Waals surface area contributed by atoms with E-state index in [1.807, 2.05) is 27.7 Å². The topological polar surface area (TPSA) is 128 Å². The van der Waals surface area contributed by atoms with Gasteiger partial charge in [0.15, 0.2) is 0 Å². The summed E-state index contributed by atoms with van der Waals surface area (Å²) < 4.78 is 21.0. The van der Waals surface area contributed by atoms with E-state index in [2.05, 4.69) is 0 Å². The molecular formula is C12H28N2O5P+. The predicted octanol–water partition coefficient (Wildman–Crippen LogP) is 1.06. The predicted molar refractivity (Wildman–Crippen MR) is 76.7 cm³/mol. The van der Waals surface area contributed by atoms with Crippen LogP contribution in [0.2, 0.25) is 0 Å². The van der Waals surface area contributed by atoms with Crippen LogP contribution < -0.4 is 11.5 Å². The van der Waals surface area contributed by atoms with E-state index >= 15 is 0 Å². The Morgan fingerprint density at radius 3 is 1.45 bits per heavy atom. The maximum Gasteiger partial charge on any atom is 0.702 e. The fraction of sp³-hybridized carbons (Fsp3) is 1.00. The number of hydrogen-bond donors (Lipinski definition) is 4. The van der Waals surface area contributed by atoms with Gasteiger partial charge >= 0.3 is 8.25 Å². The van der Waals surface area contributed by atoms with Gasteiger partial charge in [0.2, 0.25) is 12.6 Å². The summed E-state index contributed by atoms with van der Waals surface area (Å²) in [5.74, 6) is 0.541. The molecule has 0 aromatic rings. The zero-order valence-corrected chi connectivity index (χ0v) is 13.5. The van der Waals surface area contributed by atoms with Gasteiger partial charge < -0.3 is 21.7 Å². The lowest BCUT2D eigenvalue weighted by Gasteiger charge is -2.17. The zero-order chi connectivity index (χ0) is 15.9. The molecule has 0 aliphatic carbocycles. The van der Waals surface area contributed by atoms with Crippen LogP contribution in [0, 0.1) is 11.8 Å². The summed E-state index contributed by atoms with van der Waals surface area (Å²) in [6.07, 6.45) is -1.79. The van der Waals surface area contributed by atoms with E-state index in [9.17, 15) is 14.8 Å². The van der Waals surface area contributed by atoms with Crippen LogP contribution in [0.1, 0.15) is 40.5 Å². The Hall–Kier alpha value is -0.140. The molecule has 0 rings (SSSR count). The highest BCUT2D eigenvalue weighted by Crippen LogP contribution is 2.29. The highest BCUT2D eigenvalue weighted by atomic mass is 31.1. The summed E-state index contributed by atoms with van der Waals surface area (Å²) in [6, 6.07) is -1.34. The summed E-state index contributed by atoms with van der Waals surface area (Å²) in [5, 5.41) is 19.2. The first-order chi connectivity index (χ1) is 9.13. The van der Waals surface area contributed by atoms with Gasteiger partial charge in [-0.3, -0.25) is 0 Å². The van der Waals surface area contributed by atoms with Crippen LogP contribution in [-0.4, -0.2) is 34.9 Å². The lowest BCUT2D eigenvalue weighted by molar-refractivity contribution is -0.0789. The Morgan fingerprint density at radius 2 is 1.20 bits per heavy atom. The molecule has 0 aromatic carbocycles. The summed E-state index contributed by atoms with van der Waals surface area (Å²) in [4.78, 5) is 0. The molecule has 4 unspecified atom stereocenters. The van der Waals surface area contributed by atoms with Gasteiger partial charge in [0, 0.05) is 4.57 Å². The Kier molecular flexibility index (Phi) is 9.67. The highest BCUT2D eigenvalue weighted by molar-refractivity contribution is 7.33. The van der Waals surface area contributed by atoms with Crippen LogP contribution in [0.5, 0.6) is 0 Å². The molecule has 0 radical (unpaired) electrons. The Balaban J connectivity index is 4.15. The van der Waals surface area contributed by atoms with Crippen molar-refractivity contribution in [3.8, 4) is 0 Å². The van der Waals surface area contributed by atoms with Crippen LogP contribution >= 0.6 is 8.25 Å². The number of hydrogen-bond acceptors (Lipinski definition) is 7. The summed E-state index contributed by atoms with van der Waals surface area (Å²) in [7, 11) is -2.68. The molecule has 0 aliphatic rings. The summed E-state index contributed by atoms with van der Waals surface area (Å²) >= 11 is 0. The minimum absolute atomic E-state index is 0.270. The monoisotopic (exact) mass is 311 g/mol. The molecule has 4 atom stereocenters. The van der Waals surface area contributed by atoms with Gasteiger partial charge in [0.1, 0.15) is 0 Å². The van der Waals surface area contributed by atoms with Crippen molar-refractivity contribution < 1.29 is 23.8 Å². The van der Waals surface area contributed by atoms with Gasteiger partial charge in [-0.1, -0.05) is 36.7 Å². The van der Waals surface area contributed by atoms with Gasteiger partial charge in [0.05, 0.1) is 12.1 Å². The van der Waals surface area contributed by atoms with Crippen LogP contribution in [0.25, 0.3) is 0 Å². The molecule has 120 valence electrons. The molecule has 0 spiro atoms. The molecule has 0 bridgehead atoms. The van der Waals surface area contributed by atoms with Crippen molar-refractivity contribution >= 4 is 8.25 Å². The molecule has 0 aromatic heterocycles. The number of aliphatic hydroxyl groups excluding tert-OH is 2. The van der Waals surface area contributed by atoms with Crippen molar-refractivity contribution in [3.63, 3.8) is 0 Å². The largest absolute Gasteiger partial charge is 0.702 e. The SMILES string of the molecule is CC(C)CC(N)C(O)O[P+](=O)OC(O)C(N)CC(C)C. The van der Waals surface area contributed by atoms with Crippen molar-refractivity contribution in [2.45, 2.75) is 65.2 Å². The van der Waals surface area contributed by atoms with Crippen LogP contribution in [0.15, 0.2) is 0 Å². The molecule has 0 amide bonds. The van der Waals surface area contributed by atoms with Gasteiger partial charge in [-0.2, -0.15) is 0 Å². The van der Waals surface area contributed by atoms with E-state index in [0.29, 0.717) is 12.8 Å². The van der Waals surface area contributed by atoms with E-state index in [1.54, 1.807) is 0 Å². The first-order valence-corrected chi connectivity index (χ1v) is 7.91. The highest BCUT2D eigenvalue weighted by Gasteiger charge is 2.35. The first-order valence-electron chi connectivity index (χ1n) is 6.81. The van der Waals surface area contributed by atoms with Crippen LogP contribution in [0.3, 0.4) is 0 Å². The van der Waals surface area contributed by atoms with Gasteiger partial charge in [-0.05, 0) is 24.7 Å². The van der Waals surface area contributed by atoms with Crippen molar-refractivity contribution in [1.82, 2.24) is 0 Å². The molecule has 0 heterocycles. The molecular weight excluding hydrogens is 283 g/mol. The normalized spacial score (nSPS) is 19.0. The molecule has 7 nitrogen and oxygen atoms in total. The van der Waals surface area contributed by atoms with E-state index in [1.165, 1.54) is 0 Å². The lowest BCUT2D eigenvalue weighted by atomic mass is 10.0. The number of nitrogens with two attached hydrogens (primary N) is 2. The van der Waals surface area contributed by atoms with Crippen molar-refractivity contribution in [2.75, 3.05) is 0 Å². The average Bonchev–Trinajstić information content (AvgIpc) is 2.26. The second-order valence-electron chi connectivity index (χ2n) is 5.80. The third-order valence-corrected chi connectivity index (χ3v) is 3.38. The molecule has 20 heavy (non-hydrogen) atoms. The standard InChI is InChI=1S/C12H28N2O5P/c1-7(2)5-9(13)11(15)18-20(17)19-12(16)10(14)6-8(3)4/h7-12,15-16H,5-6,13-14H2,1-4H3/q+1. The zero-order valence-electron chi connectivity index (χ0n) is 12.6. The lowest BCUT2D eigenvalue weighted by Crippen LogP contribution is -2.38. The van der Waals surface area contributed by atoms with Crippen LogP contribution in [-0.2, 0) is 13.6 Å². The quantitative estimate of drug-likeness (QED) is 0.351. The van der Waals surface area contributed by atoms with Gasteiger partial charge in [-0.15, -0.1) is 0 Å².